The Labute approximate surface area is 204 Å². The summed E-state index contributed by atoms with van der Waals surface area (Å²) in [6.07, 6.45) is 1.38. The van der Waals surface area contributed by atoms with Gasteiger partial charge in [-0.25, -0.2) is 5.43 Å². The van der Waals surface area contributed by atoms with E-state index in [2.05, 4.69) is 21.2 Å². The number of hydrazone groups is 1. The lowest BCUT2D eigenvalue weighted by Crippen LogP contribution is -2.37. The summed E-state index contributed by atoms with van der Waals surface area (Å²) in [4.78, 5) is 36.1. The molecule has 3 N–H and O–H groups in total. The van der Waals surface area contributed by atoms with Crippen molar-refractivity contribution in [2.75, 3.05) is 11.9 Å². The monoisotopic (exact) mass is 472 g/mol. The number of anilines is 1. The van der Waals surface area contributed by atoms with Crippen molar-refractivity contribution in [3.05, 3.63) is 94.5 Å². The zero-order valence-corrected chi connectivity index (χ0v) is 19.9. The maximum Gasteiger partial charge on any atom is 0.329 e. The van der Waals surface area contributed by atoms with Crippen molar-refractivity contribution in [3.63, 3.8) is 0 Å². The number of carbonyl (C=O) groups is 3. The van der Waals surface area contributed by atoms with Crippen molar-refractivity contribution in [2.24, 2.45) is 5.10 Å². The highest BCUT2D eigenvalue weighted by atomic mass is 16.5. The average Bonchev–Trinajstić information content (AvgIpc) is 2.84. The second kappa shape index (κ2) is 12.1. The first-order valence-electron chi connectivity index (χ1n) is 11.1. The van der Waals surface area contributed by atoms with Gasteiger partial charge in [0.15, 0.2) is 6.61 Å². The quantitative estimate of drug-likeness (QED) is 0.265. The Morgan fingerprint density at radius 1 is 0.886 bits per heavy atom. The molecule has 0 atom stereocenters. The van der Waals surface area contributed by atoms with Gasteiger partial charge in [0.2, 0.25) is 0 Å². The molecule has 180 valence electrons. The van der Waals surface area contributed by atoms with E-state index in [9.17, 15) is 14.4 Å². The van der Waals surface area contributed by atoms with Crippen LogP contribution in [-0.2, 0) is 20.9 Å². The number of rotatable bonds is 8. The molecular weight excluding hydrogens is 444 g/mol. The van der Waals surface area contributed by atoms with E-state index in [1.54, 1.807) is 24.3 Å². The largest absolute Gasteiger partial charge is 0.484 e. The highest BCUT2D eigenvalue weighted by Crippen LogP contribution is 2.16. The lowest BCUT2D eigenvalue weighted by atomic mass is 10.1. The molecule has 0 aliphatic heterocycles. The Morgan fingerprint density at radius 2 is 1.63 bits per heavy atom. The van der Waals surface area contributed by atoms with Gasteiger partial charge < -0.3 is 15.4 Å². The molecule has 0 fully saturated rings. The minimum absolute atomic E-state index is 0.161. The number of nitrogens with zero attached hydrogens (tertiary/aromatic N) is 1. The van der Waals surface area contributed by atoms with Crippen molar-refractivity contribution < 1.29 is 19.1 Å². The molecule has 0 bridgehead atoms. The number of hydrogen-bond acceptors (Lipinski definition) is 5. The zero-order valence-electron chi connectivity index (χ0n) is 19.9. The molecule has 0 radical (unpaired) electrons. The van der Waals surface area contributed by atoms with Crippen LogP contribution in [0, 0.1) is 20.8 Å². The molecule has 3 aromatic rings. The Hall–Kier alpha value is -4.46. The van der Waals surface area contributed by atoms with Crippen LogP contribution in [0.5, 0.6) is 5.75 Å². The summed E-state index contributed by atoms with van der Waals surface area (Å²) in [5, 5.41) is 9.19. The summed E-state index contributed by atoms with van der Waals surface area (Å²) < 4.78 is 5.57. The smallest absolute Gasteiger partial charge is 0.329 e. The Bertz CT molecular complexity index is 1240. The first-order chi connectivity index (χ1) is 16.8. The van der Waals surface area contributed by atoms with Crippen molar-refractivity contribution >= 4 is 29.6 Å². The van der Waals surface area contributed by atoms with Crippen LogP contribution in [0.25, 0.3) is 0 Å². The second-order valence-electron chi connectivity index (χ2n) is 8.10. The number of nitrogens with one attached hydrogen (secondary N) is 3. The lowest BCUT2D eigenvalue weighted by Gasteiger charge is -2.10. The topological polar surface area (TPSA) is 109 Å². The average molecular weight is 473 g/mol. The highest BCUT2D eigenvalue weighted by molar-refractivity contribution is 6.35. The third kappa shape index (κ3) is 8.12. The van der Waals surface area contributed by atoms with E-state index in [0.717, 1.165) is 27.9 Å². The second-order valence-corrected chi connectivity index (χ2v) is 8.10. The van der Waals surface area contributed by atoms with Crippen molar-refractivity contribution in [1.29, 1.82) is 0 Å². The van der Waals surface area contributed by atoms with Gasteiger partial charge in [-0.1, -0.05) is 59.7 Å². The summed E-state index contributed by atoms with van der Waals surface area (Å²) in [6, 6.07) is 20.3. The molecule has 0 heterocycles. The molecule has 3 rings (SSSR count). The van der Waals surface area contributed by atoms with Gasteiger partial charge in [-0.15, -0.1) is 0 Å². The Balaban J connectivity index is 1.45. The van der Waals surface area contributed by atoms with Crippen LogP contribution in [0.15, 0.2) is 71.8 Å². The van der Waals surface area contributed by atoms with Gasteiger partial charge in [0.1, 0.15) is 5.75 Å². The minimum atomic E-state index is -0.871. The predicted octanol–water partition coefficient (Wildman–Crippen LogP) is 3.40. The molecule has 0 aliphatic carbocycles. The van der Waals surface area contributed by atoms with Gasteiger partial charge in [-0.3, -0.25) is 14.4 Å². The van der Waals surface area contributed by atoms with Crippen LogP contribution in [0.1, 0.15) is 27.8 Å². The predicted molar refractivity (Wildman–Crippen MR) is 135 cm³/mol. The van der Waals surface area contributed by atoms with Crippen LogP contribution >= 0.6 is 0 Å². The van der Waals surface area contributed by atoms with Crippen molar-refractivity contribution in [2.45, 2.75) is 27.3 Å². The third-order valence-corrected chi connectivity index (χ3v) is 5.04. The Kier molecular flexibility index (Phi) is 8.72. The van der Waals surface area contributed by atoms with Gasteiger partial charge in [-0.2, -0.15) is 5.10 Å². The number of amides is 3. The lowest BCUT2D eigenvalue weighted by molar-refractivity contribution is -0.139. The maximum absolute atomic E-state index is 12.2. The molecule has 0 aromatic heterocycles. The molecule has 0 saturated carbocycles. The first kappa shape index (κ1) is 25.2. The molecule has 0 saturated heterocycles. The van der Waals surface area contributed by atoms with Gasteiger partial charge in [0.05, 0.1) is 6.21 Å². The minimum Gasteiger partial charge on any atom is -0.484 e. The molecular formula is C27H28N4O4. The SMILES string of the molecule is Cc1ccc(CNC(=O)C(=O)N/N=C\c2cccc(OCC(=O)Nc3ccc(C)cc3C)c2)cc1. The van der Waals surface area contributed by atoms with E-state index in [1.807, 2.05) is 63.2 Å². The first-order valence-corrected chi connectivity index (χ1v) is 11.1. The normalized spacial score (nSPS) is 10.6. The van der Waals surface area contributed by atoms with Gasteiger partial charge >= 0.3 is 11.8 Å². The van der Waals surface area contributed by atoms with Crippen LogP contribution in [0.3, 0.4) is 0 Å². The summed E-state index contributed by atoms with van der Waals surface area (Å²) in [7, 11) is 0. The highest BCUT2D eigenvalue weighted by Gasteiger charge is 2.12. The number of aryl methyl sites for hydroxylation is 3. The maximum atomic E-state index is 12.2. The standard InChI is InChI=1S/C27H28N4O4/c1-18-7-10-21(11-8-18)15-28-26(33)27(34)31-29-16-22-5-4-6-23(14-22)35-17-25(32)30-24-12-9-19(2)13-20(24)3/h4-14,16H,15,17H2,1-3H3,(H,28,33)(H,30,32)(H,31,34)/b29-16-. The molecule has 8 nitrogen and oxygen atoms in total. The fourth-order valence-electron chi connectivity index (χ4n) is 3.16. The number of carbonyl (C=O) groups excluding carboxylic acids is 3. The summed E-state index contributed by atoms with van der Waals surface area (Å²) in [5.74, 6) is -1.47. The van der Waals surface area contributed by atoms with Crippen LogP contribution in [0.2, 0.25) is 0 Å². The number of ether oxygens (including phenoxy) is 1. The molecule has 3 amide bonds. The summed E-state index contributed by atoms with van der Waals surface area (Å²) >= 11 is 0. The van der Waals surface area contributed by atoms with E-state index in [1.165, 1.54) is 6.21 Å². The van der Waals surface area contributed by atoms with Crippen LogP contribution in [-0.4, -0.2) is 30.5 Å². The molecule has 8 heteroatoms. The van der Waals surface area contributed by atoms with Crippen LogP contribution in [0.4, 0.5) is 5.69 Å². The molecule has 35 heavy (non-hydrogen) atoms. The Morgan fingerprint density at radius 3 is 2.37 bits per heavy atom. The molecule has 0 aliphatic rings. The summed E-state index contributed by atoms with van der Waals surface area (Å²) in [6.45, 7) is 5.97. The van der Waals surface area contributed by atoms with E-state index < -0.39 is 11.8 Å². The third-order valence-electron chi connectivity index (χ3n) is 5.04. The van der Waals surface area contributed by atoms with E-state index >= 15 is 0 Å². The van der Waals surface area contributed by atoms with E-state index in [4.69, 9.17) is 4.74 Å². The number of hydrogen-bond donors (Lipinski definition) is 3. The number of benzene rings is 3. The summed E-state index contributed by atoms with van der Waals surface area (Å²) in [5.41, 5.74) is 7.65. The van der Waals surface area contributed by atoms with Crippen molar-refractivity contribution in [1.82, 2.24) is 10.7 Å². The van der Waals surface area contributed by atoms with Gasteiger partial charge in [-0.05, 0) is 55.7 Å². The fourth-order valence-corrected chi connectivity index (χ4v) is 3.16. The zero-order chi connectivity index (χ0) is 25.2. The van der Waals surface area contributed by atoms with Crippen LogP contribution < -0.4 is 20.8 Å². The van der Waals surface area contributed by atoms with Gasteiger partial charge in [0, 0.05) is 12.2 Å². The van der Waals surface area contributed by atoms with Crippen molar-refractivity contribution in [3.8, 4) is 5.75 Å². The molecule has 0 unspecified atom stereocenters. The fraction of sp³-hybridized carbons (Fsp3) is 0.185. The van der Waals surface area contributed by atoms with Gasteiger partial charge in [0.25, 0.3) is 5.91 Å². The molecule has 0 spiro atoms. The molecule has 3 aromatic carbocycles. The van der Waals surface area contributed by atoms with E-state index in [-0.39, 0.29) is 19.1 Å². The van der Waals surface area contributed by atoms with E-state index in [0.29, 0.717) is 11.3 Å².